The van der Waals surface area contributed by atoms with E-state index in [1.54, 1.807) is 0 Å². The molecule has 2 heterocycles. The molecule has 2 aliphatic heterocycles. The first kappa shape index (κ1) is 13.7. The zero-order valence-corrected chi connectivity index (χ0v) is 12.6. The number of nitrogens with zero attached hydrogens (tertiary/aromatic N) is 1. The molecule has 2 nitrogen and oxygen atoms in total. The molecule has 0 amide bonds. The first-order chi connectivity index (χ1) is 7.96. The van der Waals surface area contributed by atoms with Gasteiger partial charge in [-0.25, -0.2) is 0 Å². The zero-order chi connectivity index (χ0) is 12.5. The van der Waals surface area contributed by atoms with Gasteiger partial charge in [0.25, 0.3) is 0 Å². The van der Waals surface area contributed by atoms with Gasteiger partial charge in [-0.2, -0.15) is 11.8 Å². The Kier molecular flexibility index (Phi) is 4.43. The smallest absolute Gasteiger partial charge is 0.0166 e. The topological polar surface area (TPSA) is 15.3 Å². The zero-order valence-electron chi connectivity index (χ0n) is 11.8. The summed E-state index contributed by atoms with van der Waals surface area (Å²) in [7, 11) is 2.25. The lowest BCUT2D eigenvalue weighted by Crippen LogP contribution is -2.51. The summed E-state index contributed by atoms with van der Waals surface area (Å²) in [6, 6.07) is 2.23. The summed E-state index contributed by atoms with van der Waals surface area (Å²) in [6.45, 7) is 8.42. The van der Waals surface area contributed by atoms with E-state index in [4.69, 9.17) is 0 Å². The predicted molar refractivity (Wildman–Crippen MR) is 77.8 cm³/mol. The van der Waals surface area contributed by atoms with Gasteiger partial charge in [0.1, 0.15) is 0 Å². The summed E-state index contributed by atoms with van der Waals surface area (Å²) in [4.78, 5) is 2.48. The molecule has 2 aliphatic rings. The second-order valence-electron chi connectivity index (χ2n) is 6.80. The molecule has 3 atom stereocenters. The number of nitrogens with one attached hydrogen (secondary N) is 1. The van der Waals surface area contributed by atoms with Gasteiger partial charge in [0.15, 0.2) is 0 Å². The Hall–Kier alpha value is 0.270. The van der Waals surface area contributed by atoms with E-state index in [9.17, 15) is 0 Å². The maximum absolute atomic E-state index is 3.92. The minimum Gasteiger partial charge on any atom is -0.310 e. The molecule has 3 heteroatoms. The third-order valence-corrected chi connectivity index (χ3v) is 5.91. The molecule has 2 saturated heterocycles. The highest BCUT2D eigenvalue weighted by molar-refractivity contribution is 7.99. The van der Waals surface area contributed by atoms with Gasteiger partial charge in [0.05, 0.1) is 0 Å². The van der Waals surface area contributed by atoms with Crippen molar-refractivity contribution >= 4 is 11.8 Å². The van der Waals surface area contributed by atoms with Crippen LogP contribution in [0.25, 0.3) is 0 Å². The molecule has 0 aromatic carbocycles. The van der Waals surface area contributed by atoms with Crippen molar-refractivity contribution in [1.29, 1.82) is 0 Å². The van der Waals surface area contributed by atoms with E-state index in [1.165, 1.54) is 37.3 Å². The van der Waals surface area contributed by atoms with E-state index < -0.39 is 0 Å². The Morgan fingerprint density at radius 2 is 2.06 bits per heavy atom. The lowest BCUT2D eigenvalue weighted by Gasteiger charge is -2.41. The molecule has 2 rings (SSSR count). The maximum atomic E-state index is 3.92. The van der Waals surface area contributed by atoms with E-state index in [0.29, 0.717) is 5.41 Å². The van der Waals surface area contributed by atoms with Crippen LogP contribution in [0.3, 0.4) is 0 Å². The van der Waals surface area contributed by atoms with E-state index >= 15 is 0 Å². The molecule has 0 radical (unpaired) electrons. The first-order valence-corrected chi connectivity index (χ1v) is 8.16. The van der Waals surface area contributed by atoms with Crippen molar-refractivity contribution in [3.05, 3.63) is 0 Å². The first-order valence-electron chi connectivity index (χ1n) is 7.00. The van der Waals surface area contributed by atoms with Gasteiger partial charge >= 0.3 is 0 Å². The summed E-state index contributed by atoms with van der Waals surface area (Å²) in [6.07, 6.45) is 3.99. The number of hydrogen-bond acceptors (Lipinski definition) is 3. The van der Waals surface area contributed by atoms with Crippen LogP contribution in [0.15, 0.2) is 0 Å². The van der Waals surface area contributed by atoms with Crippen LogP contribution in [-0.4, -0.2) is 48.1 Å². The molecule has 0 aromatic rings. The lowest BCUT2D eigenvalue weighted by molar-refractivity contribution is 0.157. The van der Waals surface area contributed by atoms with Crippen LogP contribution in [0.1, 0.15) is 40.0 Å². The number of piperidine rings is 1. The fourth-order valence-corrected chi connectivity index (χ4v) is 4.43. The largest absolute Gasteiger partial charge is 0.310 e. The molecule has 100 valence electrons. The van der Waals surface area contributed by atoms with Gasteiger partial charge in [-0.1, -0.05) is 13.8 Å². The molecule has 0 aromatic heterocycles. The summed E-state index contributed by atoms with van der Waals surface area (Å²) in [5.74, 6) is 2.64. The van der Waals surface area contributed by atoms with Crippen molar-refractivity contribution in [3.8, 4) is 0 Å². The minimum atomic E-state index is 0.525. The molecule has 0 spiro atoms. The SMILES string of the molecule is CC1CC(NC2CSCC(C)(C)C2)CCN1C. The van der Waals surface area contributed by atoms with E-state index in [0.717, 1.165) is 18.1 Å². The van der Waals surface area contributed by atoms with Crippen LogP contribution < -0.4 is 5.32 Å². The normalized spacial score (nSPS) is 39.2. The molecule has 0 bridgehead atoms. The number of rotatable bonds is 2. The highest BCUT2D eigenvalue weighted by Gasteiger charge is 2.31. The second-order valence-corrected chi connectivity index (χ2v) is 7.83. The number of hydrogen-bond donors (Lipinski definition) is 1. The standard InChI is InChI=1S/C14H28N2S/c1-11-7-12(5-6-16(11)4)15-13-8-14(2,3)10-17-9-13/h11-13,15H,5-10H2,1-4H3. The van der Waals surface area contributed by atoms with Crippen LogP contribution in [-0.2, 0) is 0 Å². The van der Waals surface area contributed by atoms with Crippen molar-refractivity contribution < 1.29 is 0 Å². The van der Waals surface area contributed by atoms with Gasteiger partial charge in [-0.15, -0.1) is 0 Å². The van der Waals surface area contributed by atoms with Crippen molar-refractivity contribution in [1.82, 2.24) is 10.2 Å². The average molecular weight is 256 g/mol. The Labute approximate surface area is 111 Å². The quantitative estimate of drug-likeness (QED) is 0.817. The molecule has 17 heavy (non-hydrogen) atoms. The highest BCUT2D eigenvalue weighted by atomic mass is 32.2. The van der Waals surface area contributed by atoms with Gasteiger partial charge in [0.2, 0.25) is 0 Å². The van der Waals surface area contributed by atoms with Crippen molar-refractivity contribution in [2.24, 2.45) is 5.41 Å². The molecule has 1 N–H and O–H groups in total. The predicted octanol–water partition coefficient (Wildman–Crippen LogP) is 2.59. The average Bonchev–Trinajstić information content (AvgIpc) is 2.22. The molecule has 0 saturated carbocycles. The molecule has 2 fully saturated rings. The monoisotopic (exact) mass is 256 g/mol. The van der Waals surface area contributed by atoms with Crippen LogP contribution in [0.5, 0.6) is 0 Å². The van der Waals surface area contributed by atoms with Crippen LogP contribution in [0.2, 0.25) is 0 Å². The Bertz CT molecular complexity index is 255. The molecular formula is C14H28N2S. The van der Waals surface area contributed by atoms with Gasteiger partial charge in [-0.3, -0.25) is 0 Å². The van der Waals surface area contributed by atoms with Crippen molar-refractivity contribution in [2.75, 3.05) is 25.1 Å². The number of thioether (sulfide) groups is 1. The van der Waals surface area contributed by atoms with Crippen molar-refractivity contribution in [2.45, 2.75) is 58.2 Å². The number of likely N-dealkylation sites (tertiary alicyclic amines) is 1. The van der Waals surface area contributed by atoms with E-state index in [-0.39, 0.29) is 0 Å². The third-order valence-electron chi connectivity index (χ3n) is 4.29. The van der Waals surface area contributed by atoms with Crippen molar-refractivity contribution in [3.63, 3.8) is 0 Å². The Morgan fingerprint density at radius 1 is 1.29 bits per heavy atom. The molecule has 0 aliphatic carbocycles. The minimum absolute atomic E-state index is 0.525. The molecular weight excluding hydrogens is 228 g/mol. The summed E-state index contributed by atoms with van der Waals surface area (Å²) >= 11 is 2.13. The Balaban J connectivity index is 1.81. The maximum Gasteiger partial charge on any atom is 0.0166 e. The third kappa shape index (κ3) is 3.87. The van der Waals surface area contributed by atoms with Gasteiger partial charge < -0.3 is 10.2 Å². The van der Waals surface area contributed by atoms with Crippen LogP contribution in [0, 0.1) is 5.41 Å². The van der Waals surface area contributed by atoms with Gasteiger partial charge in [-0.05, 0) is 50.9 Å². The highest BCUT2D eigenvalue weighted by Crippen LogP contribution is 2.34. The fourth-order valence-electron chi connectivity index (χ4n) is 3.14. The fraction of sp³-hybridized carbons (Fsp3) is 1.00. The summed E-state index contributed by atoms with van der Waals surface area (Å²) in [5.41, 5.74) is 0.525. The second kappa shape index (κ2) is 5.50. The molecule has 3 unspecified atom stereocenters. The van der Waals surface area contributed by atoms with Gasteiger partial charge in [0, 0.05) is 23.9 Å². The summed E-state index contributed by atoms with van der Waals surface area (Å²) in [5, 5.41) is 3.92. The lowest BCUT2D eigenvalue weighted by atomic mass is 9.87. The Morgan fingerprint density at radius 3 is 2.71 bits per heavy atom. The van der Waals surface area contributed by atoms with E-state index in [1.807, 2.05) is 0 Å². The van der Waals surface area contributed by atoms with Crippen LogP contribution in [0.4, 0.5) is 0 Å². The van der Waals surface area contributed by atoms with Crippen LogP contribution >= 0.6 is 11.8 Å². The van der Waals surface area contributed by atoms with E-state index in [2.05, 4.69) is 49.8 Å². The summed E-state index contributed by atoms with van der Waals surface area (Å²) < 4.78 is 0.